The molecule has 2 heterocycles. The van der Waals surface area contributed by atoms with E-state index in [1.807, 2.05) is 0 Å². The molecule has 0 amide bonds. The highest BCUT2D eigenvalue weighted by Crippen LogP contribution is 2.34. The molecule has 184 valence electrons. The van der Waals surface area contributed by atoms with Crippen molar-refractivity contribution in [2.75, 3.05) is 13.1 Å². The zero-order valence-electron chi connectivity index (χ0n) is 18.5. The zero-order valence-corrected chi connectivity index (χ0v) is 19.3. The highest BCUT2D eigenvalue weighted by atomic mass is 32.2. The molecular formula is C23H25F3N2O5S. The van der Waals surface area contributed by atoms with E-state index in [1.54, 1.807) is 25.1 Å². The SMILES string of the molecule is CCC(Cc1ccccn1)(C(=O)C=O)S(=O)(=O)N1CCC(Oc2ccc(C(F)(F)F)cc2)CC1. The number of ether oxygens (including phenoxy) is 1. The van der Waals surface area contributed by atoms with Crippen LogP contribution in [0.5, 0.6) is 5.75 Å². The minimum absolute atomic E-state index is 0.0454. The molecule has 1 saturated heterocycles. The predicted octanol–water partition coefficient (Wildman–Crippen LogP) is 3.43. The Morgan fingerprint density at radius 3 is 2.29 bits per heavy atom. The molecule has 0 N–H and O–H groups in total. The second-order valence-electron chi connectivity index (χ2n) is 8.07. The summed E-state index contributed by atoms with van der Waals surface area (Å²) < 4.78 is 70.4. The van der Waals surface area contributed by atoms with Gasteiger partial charge in [0.1, 0.15) is 11.9 Å². The number of aldehydes is 1. The summed E-state index contributed by atoms with van der Waals surface area (Å²) in [5, 5.41) is 0. The Morgan fingerprint density at radius 2 is 1.79 bits per heavy atom. The largest absolute Gasteiger partial charge is 0.490 e. The molecule has 1 unspecified atom stereocenters. The molecule has 1 fully saturated rings. The van der Waals surface area contributed by atoms with E-state index in [2.05, 4.69) is 4.98 Å². The second-order valence-corrected chi connectivity index (χ2v) is 10.3. The number of hydrogen-bond acceptors (Lipinski definition) is 6. The lowest BCUT2D eigenvalue weighted by Crippen LogP contribution is -2.57. The first kappa shape index (κ1) is 25.8. The van der Waals surface area contributed by atoms with Crippen molar-refractivity contribution in [1.82, 2.24) is 9.29 Å². The molecule has 0 spiro atoms. The summed E-state index contributed by atoms with van der Waals surface area (Å²) in [6.45, 7) is 1.63. The smallest absolute Gasteiger partial charge is 0.416 e. The molecule has 0 saturated carbocycles. The molecule has 11 heteroatoms. The molecule has 1 aromatic carbocycles. The van der Waals surface area contributed by atoms with Gasteiger partial charge < -0.3 is 4.74 Å². The zero-order chi connectivity index (χ0) is 25.0. The lowest BCUT2D eigenvalue weighted by atomic mass is 9.94. The third-order valence-electron chi connectivity index (χ3n) is 6.04. The van der Waals surface area contributed by atoms with E-state index in [0.29, 0.717) is 5.69 Å². The fraction of sp³-hybridized carbons (Fsp3) is 0.435. The number of piperidine rings is 1. The summed E-state index contributed by atoms with van der Waals surface area (Å²) in [5.41, 5.74) is -0.409. The highest BCUT2D eigenvalue weighted by molar-refractivity contribution is 7.91. The number of carbonyl (C=O) groups is 2. The summed E-state index contributed by atoms with van der Waals surface area (Å²) in [4.78, 5) is 28.2. The van der Waals surface area contributed by atoms with Gasteiger partial charge in [0.2, 0.25) is 15.8 Å². The lowest BCUT2D eigenvalue weighted by molar-refractivity contribution is -0.137. The van der Waals surface area contributed by atoms with Crippen molar-refractivity contribution >= 4 is 22.1 Å². The Labute approximate surface area is 196 Å². The monoisotopic (exact) mass is 498 g/mol. The van der Waals surface area contributed by atoms with Crippen LogP contribution in [0.4, 0.5) is 13.2 Å². The molecular weight excluding hydrogens is 473 g/mol. The number of benzene rings is 1. The number of halogens is 3. The van der Waals surface area contributed by atoms with E-state index in [4.69, 9.17) is 4.74 Å². The van der Waals surface area contributed by atoms with Gasteiger partial charge in [0.05, 0.1) is 5.56 Å². The molecule has 7 nitrogen and oxygen atoms in total. The molecule has 0 bridgehead atoms. The van der Waals surface area contributed by atoms with Crippen molar-refractivity contribution < 1.29 is 35.9 Å². The Balaban J connectivity index is 1.74. The van der Waals surface area contributed by atoms with Crippen LogP contribution in [-0.2, 0) is 32.2 Å². The summed E-state index contributed by atoms with van der Waals surface area (Å²) in [7, 11) is -4.23. The van der Waals surface area contributed by atoms with E-state index in [1.165, 1.54) is 22.6 Å². The van der Waals surface area contributed by atoms with Gasteiger partial charge in [-0.25, -0.2) is 12.7 Å². The predicted molar refractivity (Wildman–Crippen MR) is 118 cm³/mol. The van der Waals surface area contributed by atoms with Crippen LogP contribution in [0.1, 0.15) is 37.4 Å². The van der Waals surface area contributed by atoms with Crippen LogP contribution in [-0.4, -0.2) is 53.7 Å². The van der Waals surface area contributed by atoms with Crippen LogP contribution in [0.25, 0.3) is 0 Å². The fourth-order valence-corrected chi connectivity index (χ4v) is 6.23. The Kier molecular flexibility index (Phi) is 7.77. The van der Waals surface area contributed by atoms with Crippen LogP contribution in [0.15, 0.2) is 48.7 Å². The van der Waals surface area contributed by atoms with Crippen molar-refractivity contribution in [1.29, 1.82) is 0 Å². The molecule has 34 heavy (non-hydrogen) atoms. The van der Waals surface area contributed by atoms with Gasteiger partial charge in [0.15, 0.2) is 11.0 Å². The maximum absolute atomic E-state index is 13.6. The topological polar surface area (TPSA) is 93.6 Å². The van der Waals surface area contributed by atoms with Crippen LogP contribution in [0.3, 0.4) is 0 Å². The number of Topliss-reactive ketones (excluding diaryl/α,β-unsaturated/α-hetero) is 1. The summed E-state index contributed by atoms with van der Waals surface area (Å²) in [6.07, 6.45) is -3.10. The van der Waals surface area contributed by atoms with Gasteiger partial charge in [-0.2, -0.15) is 13.2 Å². The quantitative estimate of drug-likeness (QED) is 0.389. The van der Waals surface area contributed by atoms with Crippen LogP contribution < -0.4 is 4.74 Å². The number of rotatable bonds is 9. The first-order valence-electron chi connectivity index (χ1n) is 10.8. The summed E-state index contributed by atoms with van der Waals surface area (Å²) in [5.74, 6) is -0.771. The number of ketones is 1. The molecule has 1 atom stereocenters. The Hall–Kier alpha value is -2.79. The fourth-order valence-electron chi connectivity index (χ4n) is 4.04. The average molecular weight is 499 g/mol. The lowest BCUT2D eigenvalue weighted by Gasteiger charge is -2.38. The minimum atomic E-state index is -4.45. The molecule has 0 radical (unpaired) electrons. The number of pyridine rings is 1. The molecule has 2 aromatic rings. The molecule has 1 aromatic heterocycles. The van der Waals surface area contributed by atoms with E-state index in [0.717, 1.165) is 12.1 Å². The maximum Gasteiger partial charge on any atom is 0.416 e. The number of nitrogens with zero attached hydrogens (tertiary/aromatic N) is 2. The van der Waals surface area contributed by atoms with Gasteiger partial charge in [0, 0.05) is 31.4 Å². The van der Waals surface area contributed by atoms with Crippen molar-refractivity contribution in [2.24, 2.45) is 0 Å². The number of alkyl halides is 3. The van der Waals surface area contributed by atoms with Crippen LogP contribution in [0.2, 0.25) is 0 Å². The van der Waals surface area contributed by atoms with Gasteiger partial charge in [-0.1, -0.05) is 13.0 Å². The number of sulfonamides is 1. The highest BCUT2D eigenvalue weighted by Gasteiger charge is 2.52. The van der Waals surface area contributed by atoms with E-state index >= 15 is 0 Å². The second kappa shape index (κ2) is 10.2. The number of aromatic nitrogens is 1. The van der Waals surface area contributed by atoms with Crippen LogP contribution in [0, 0.1) is 0 Å². The number of carbonyl (C=O) groups excluding carboxylic acids is 2. The minimum Gasteiger partial charge on any atom is -0.490 e. The summed E-state index contributed by atoms with van der Waals surface area (Å²) in [6, 6.07) is 9.23. The van der Waals surface area contributed by atoms with E-state index in [-0.39, 0.29) is 50.8 Å². The molecule has 3 rings (SSSR count). The molecule has 0 aliphatic carbocycles. The Morgan fingerprint density at radius 1 is 1.15 bits per heavy atom. The van der Waals surface area contributed by atoms with Gasteiger partial charge in [-0.3, -0.25) is 14.6 Å². The third-order valence-corrected chi connectivity index (χ3v) is 8.71. The van der Waals surface area contributed by atoms with Crippen molar-refractivity contribution in [3.8, 4) is 5.75 Å². The first-order chi connectivity index (χ1) is 16.0. The third kappa shape index (κ3) is 5.30. The van der Waals surface area contributed by atoms with Crippen molar-refractivity contribution in [3.05, 3.63) is 59.9 Å². The van der Waals surface area contributed by atoms with Gasteiger partial charge in [-0.05, 0) is 55.7 Å². The summed E-state index contributed by atoms with van der Waals surface area (Å²) >= 11 is 0. The van der Waals surface area contributed by atoms with Crippen LogP contribution >= 0.6 is 0 Å². The molecule has 1 aliphatic heterocycles. The van der Waals surface area contributed by atoms with Crippen molar-refractivity contribution in [2.45, 2.75) is 49.6 Å². The van der Waals surface area contributed by atoms with Crippen molar-refractivity contribution in [3.63, 3.8) is 0 Å². The normalized spacial score (nSPS) is 17.6. The van der Waals surface area contributed by atoms with Gasteiger partial charge >= 0.3 is 6.18 Å². The standard InChI is InChI=1S/C23H25F3N2O5S/c1-2-22(21(30)16-29,15-18-5-3-4-12-27-18)34(31,32)28-13-10-20(11-14-28)33-19-8-6-17(7-9-19)23(24,25)26/h3-9,12,16,20H,2,10-11,13-15H2,1H3. The van der Waals surface area contributed by atoms with E-state index in [9.17, 15) is 31.2 Å². The van der Waals surface area contributed by atoms with Gasteiger partial charge in [0.25, 0.3) is 0 Å². The first-order valence-corrected chi connectivity index (χ1v) is 12.2. The van der Waals surface area contributed by atoms with Gasteiger partial charge in [-0.15, -0.1) is 0 Å². The van der Waals surface area contributed by atoms with E-state index < -0.39 is 38.4 Å². The molecule has 1 aliphatic rings. The maximum atomic E-state index is 13.6. The average Bonchev–Trinajstić information content (AvgIpc) is 2.82. The Bertz CT molecular complexity index is 1100. The number of hydrogen-bond donors (Lipinski definition) is 0.